The van der Waals surface area contributed by atoms with Crippen LogP contribution in [0.25, 0.3) is 10.9 Å². The molecule has 1 aliphatic rings. The van der Waals surface area contributed by atoms with Gasteiger partial charge in [0.05, 0.1) is 55.4 Å². The predicted molar refractivity (Wildman–Crippen MR) is 152 cm³/mol. The minimum atomic E-state index is -1.15. The highest BCUT2D eigenvalue weighted by atomic mass is 16.6. The van der Waals surface area contributed by atoms with Crippen LogP contribution in [0.1, 0.15) is 36.7 Å². The van der Waals surface area contributed by atoms with E-state index in [0.29, 0.717) is 5.39 Å². The number of likely N-dealkylation sites (N-methyl/N-ethyl adjacent to an activating group) is 1. The second kappa shape index (κ2) is 12.7. The summed E-state index contributed by atoms with van der Waals surface area (Å²) in [5.74, 6) is -1.91. The number of carbonyl (C=O) groups excluding carboxylic acids is 2. The number of amides is 2. The average Bonchev–Trinajstić information content (AvgIpc) is 3.23. The van der Waals surface area contributed by atoms with Gasteiger partial charge in [-0.3, -0.25) is 24.5 Å². The number of nitriles is 1. The summed E-state index contributed by atoms with van der Waals surface area (Å²) in [6, 6.07) is 7.87. The predicted octanol–water partition coefficient (Wildman–Crippen LogP) is 2.82. The van der Waals surface area contributed by atoms with Crippen LogP contribution in [-0.4, -0.2) is 83.1 Å². The highest BCUT2D eigenvalue weighted by molar-refractivity contribution is 5.93. The van der Waals surface area contributed by atoms with Crippen molar-refractivity contribution in [2.45, 2.75) is 32.5 Å². The number of carboxylic acids is 1. The van der Waals surface area contributed by atoms with Crippen molar-refractivity contribution in [3.63, 3.8) is 0 Å². The molecule has 0 bridgehead atoms. The maximum Gasteiger partial charge on any atom is 0.308 e. The van der Waals surface area contributed by atoms with E-state index in [2.05, 4.69) is 4.98 Å². The molecule has 1 saturated heterocycles. The summed E-state index contributed by atoms with van der Waals surface area (Å²) < 4.78 is 22.1. The van der Waals surface area contributed by atoms with E-state index in [4.69, 9.17) is 18.9 Å². The summed E-state index contributed by atoms with van der Waals surface area (Å²) in [5.41, 5.74) is 0.419. The first-order chi connectivity index (χ1) is 21.0. The molecule has 1 aliphatic heterocycles. The molecule has 44 heavy (non-hydrogen) atoms. The Morgan fingerprint density at radius 2 is 1.86 bits per heavy atom. The summed E-state index contributed by atoms with van der Waals surface area (Å²) in [7, 11) is 4.13. The number of carboxylic acid groups (broad SMARTS) is 1. The van der Waals surface area contributed by atoms with E-state index < -0.39 is 47.9 Å². The van der Waals surface area contributed by atoms with Crippen LogP contribution in [0, 0.1) is 21.4 Å². The van der Waals surface area contributed by atoms with E-state index in [9.17, 15) is 34.9 Å². The molecule has 2 heterocycles. The van der Waals surface area contributed by atoms with E-state index in [1.165, 1.54) is 68.3 Å². The number of aromatic nitrogens is 1. The molecule has 3 aromatic rings. The van der Waals surface area contributed by atoms with Gasteiger partial charge in [0, 0.05) is 35.7 Å². The number of nitrogens with zero attached hydrogens (tertiary/aromatic N) is 5. The van der Waals surface area contributed by atoms with Gasteiger partial charge in [0.1, 0.15) is 18.0 Å². The van der Waals surface area contributed by atoms with Gasteiger partial charge in [-0.15, -0.1) is 0 Å². The maximum absolute atomic E-state index is 13.7. The van der Waals surface area contributed by atoms with Crippen molar-refractivity contribution in [2.24, 2.45) is 0 Å². The number of methoxy groups -OCH3 is 2. The van der Waals surface area contributed by atoms with Crippen LogP contribution >= 0.6 is 0 Å². The SMILES string of the molecule is CCOc1c(OC)cc([N+](=O)[O-])cc1[C@@H]1N(C)C(=O)[C@H](C)N1C(=O)COc1ccc2c(C#N)cc(OC)c(CC(=O)O)c2n1. The van der Waals surface area contributed by atoms with E-state index in [1.54, 1.807) is 6.92 Å². The van der Waals surface area contributed by atoms with Crippen molar-refractivity contribution in [1.82, 2.24) is 14.8 Å². The molecule has 15 heteroatoms. The Hall–Kier alpha value is -5.65. The van der Waals surface area contributed by atoms with Gasteiger partial charge in [0.15, 0.2) is 18.1 Å². The minimum Gasteiger partial charge on any atom is -0.496 e. The number of hydrogen-bond donors (Lipinski definition) is 1. The summed E-state index contributed by atoms with van der Waals surface area (Å²) in [6.45, 7) is 2.81. The van der Waals surface area contributed by atoms with Crippen molar-refractivity contribution in [3.8, 4) is 29.2 Å². The van der Waals surface area contributed by atoms with Crippen LogP contribution in [0.5, 0.6) is 23.1 Å². The molecule has 0 unspecified atom stereocenters. The Bertz CT molecular complexity index is 1700. The molecule has 1 N–H and O–H groups in total. The standard InChI is InChI=1S/C29H29N5O10/c1-6-43-27-20(10-17(34(39)40)11-22(27)42-5)28-32(3)29(38)15(2)33(28)24(35)14-44-23-8-7-18-16(13-30)9-21(41-4)19(12-25(36)37)26(18)31-23/h7-11,15,28H,6,12,14H2,1-5H3,(H,36,37)/t15-,28+/m0/s1. The van der Waals surface area contributed by atoms with Gasteiger partial charge < -0.3 is 33.9 Å². The molecule has 0 saturated carbocycles. The summed E-state index contributed by atoms with van der Waals surface area (Å²) in [5, 5.41) is 31.1. The Morgan fingerprint density at radius 1 is 1.16 bits per heavy atom. The van der Waals surface area contributed by atoms with Crippen LogP contribution < -0.4 is 18.9 Å². The fourth-order valence-corrected chi connectivity index (χ4v) is 5.19. The Morgan fingerprint density at radius 3 is 2.45 bits per heavy atom. The summed E-state index contributed by atoms with van der Waals surface area (Å²) in [4.78, 5) is 56.3. The number of fused-ring (bicyclic) bond motifs is 1. The number of hydrogen-bond acceptors (Lipinski definition) is 11. The topological polar surface area (TPSA) is 195 Å². The first-order valence-corrected chi connectivity index (χ1v) is 13.3. The molecule has 2 aromatic carbocycles. The zero-order chi connectivity index (χ0) is 32.3. The van der Waals surface area contributed by atoms with Crippen molar-refractivity contribution in [3.05, 3.63) is 57.1 Å². The van der Waals surface area contributed by atoms with Gasteiger partial charge in [-0.05, 0) is 26.0 Å². The fourth-order valence-electron chi connectivity index (χ4n) is 5.19. The molecule has 15 nitrogen and oxygen atoms in total. The number of carbonyl (C=O) groups is 3. The molecule has 0 aliphatic carbocycles. The number of aliphatic carboxylic acids is 1. The number of pyridine rings is 1. The maximum atomic E-state index is 13.7. The monoisotopic (exact) mass is 607 g/mol. The van der Waals surface area contributed by atoms with Crippen LogP contribution in [-0.2, 0) is 20.8 Å². The number of rotatable bonds is 11. The van der Waals surface area contributed by atoms with Crippen LogP contribution in [0.2, 0.25) is 0 Å². The molecule has 230 valence electrons. The lowest BCUT2D eigenvalue weighted by Crippen LogP contribution is -2.41. The Labute approximate surface area is 251 Å². The summed E-state index contributed by atoms with van der Waals surface area (Å²) in [6.07, 6.45) is -1.55. The van der Waals surface area contributed by atoms with E-state index >= 15 is 0 Å². The van der Waals surface area contributed by atoms with Gasteiger partial charge >= 0.3 is 5.97 Å². The second-order valence-electron chi connectivity index (χ2n) is 9.68. The van der Waals surface area contributed by atoms with E-state index in [1.807, 2.05) is 6.07 Å². The fraction of sp³-hybridized carbons (Fsp3) is 0.345. The lowest BCUT2D eigenvalue weighted by Gasteiger charge is -2.30. The van der Waals surface area contributed by atoms with Gasteiger partial charge in [0.2, 0.25) is 11.8 Å². The molecular weight excluding hydrogens is 578 g/mol. The quantitative estimate of drug-likeness (QED) is 0.248. The van der Waals surface area contributed by atoms with Gasteiger partial charge in [-0.2, -0.15) is 5.26 Å². The minimum absolute atomic E-state index is 0.0512. The molecule has 1 fully saturated rings. The molecule has 2 amide bonds. The molecule has 2 atom stereocenters. The lowest BCUT2D eigenvalue weighted by atomic mass is 10.0. The van der Waals surface area contributed by atoms with Crippen molar-refractivity contribution in [1.29, 1.82) is 5.26 Å². The zero-order valence-corrected chi connectivity index (χ0v) is 24.5. The van der Waals surface area contributed by atoms with Crippen LogP contribution in [0.15, 0.2) is 30.3 Å². The first kappa shape index (κ1) is 31.3. The van der Waals surface area contributed by atoms with Crippen LogP contribution in [0.4, 0.5) is 5.69 Å². The van der Waals surface area contributed by atoms with Gasteiger partial charge in [0.25, 0.3) is 11.6 Å². The third-order valence-corrected chi connectivity index (χ3v) is 7.14. The molecule has 1 aromatic heterocycles. The molecule has 0 spiro atoms. The lowest BCUT2D eigenvalue weighted by molar-refractivity contribution is -0.385. The number of non-ortho nitro benzene ring substituents is 1. The normalized spacial score (nSPS) is 16.0. The Kier molecular flexibility index (Phi) is 9.03. The van der Waals surface area contributed by atoms with Gasteiger partial charge in [-0.25, -0.2) is 4.98 Å². The highest BCUT2D eigenvalue weighted by Gasteiger charge is 2.47. The number of nitro benzene ring substituents is 1. The van der Waals surface area contributed by atoms with Crippen LogP contribution in [0.3, 0.4) is 0 Å². The molecule has 0 radical (unpaired) electrons. The molecule has 4 rings (SSSR count). The highest BCUT2D eigenvalue weighted by Crippen LogP contribution is 2.44. The van der Waals surface area contributed by atoms with Crippen molar-refractivity contribution in [2.75, 3.05) is 34.5 Å². The van der Waals surface area contributed by atoms with Crippen molar-refractivity contribution >= 4 is 34.4 Å². The second-order valence-corrected chi connectivity index (χ2v) is 9.68. The zero-order valence-electron chi connectivity index (χ0n) is 24.5. The Balaban J connectivity index is 1.73. The third-order valence-electron chi connectivity index (χ3n) is 7.14. The smallest absolute Gasteiger partial charge is 0.308 e. The van der Waals surface area contributed by atoms with Crippen molar-refractivity contribution < 1.29 is 43.4 Å². The molecular formula is C29H29N5O10. The number of ether oxygens (including phenoxy) is 4. The van der Waals surface area contributed by atoms with Gasteiger partial charge in [-0.1, -0.05) is 0 Å². The first-order valence-electron chi connectivity index (χ1n) is 13.3. The van der Waals surface area contributed by atoms with E-state index in [-0.39, 0.29) is 57.6 Å². The number of benzene rings is 2. The summed E-state index contributed by atoms with van der Waals surface area (Å²) >= 11 is 0. The number of nitro groups is 1. The third kappa shape index (κ3) is 5.69. The van der Waals surface area contributed by atoms with E-state index in [0.717, 1.165) is 0 Å². The average molecular weight is 608 g/mol. The largest absolute Gasteiger partial charge is 0.496 e.